The third-order valence-electron chi connectivity index (χ3n) is 3.58. The van der Waals surface area contributed by atoms with E-state index in [9.17, 15) is 4.79 Å². The fourth-order valence-corrected chi connectivity index (χ4v) is 2.86. The van der Waals surface area contributed by atoms with E-state index < -0.39 is 5.60 Å². The lowest BCUT2D eigenvalue weighted by molar-refractivity contribution is -0.143. The lowest BCUT2D eigenvalue weighted by Gasteiger charge is -2.42. The van der Waals surface area contributed by atoms with Crippen molar-refractivity contribution >= 4 is 11.7 Å². The second kappa shape index (κ2) is 7.27. The maximum atomic E-state index is 13.0. The van der Waals surface area contributed by atoms with E-state index in [0.717, 1.165) is 0 Å². The molecule has 6 nitrogen and oxygen atoms in total. The van der Waals surface area contributed by atoms with E-state index >= 15 is 0 Å². The van der Waals surface area contributed by atoms with Gasteiger partial charge in [-0.05, 0) is 39.8 Å². The Labute approximate surface area is 138 Å². The molecular formula is C17H27N3O3. The van der Waals surface area contributed by atoms with Crippen LogP contribution in [-0.2, 0) is 9.47 Å². The summed E-state index contributed by atoms with van der Waals surface area (Å²) < 4.78 is 11.2. The first-order valence-electron chi connectivity index (χ1n) is 8.00. The number of hydrogen-bond donors (Lipinski definition) is 1. The van der Waals surface area contributed by atoms with Crippen LogP contribution in [0.2, 0.25) is 0 Å². The summed E-state index contributed by atoms with van der Waals surface area (Å²) in [7, 11) is 1.64. The van der Waals surface area contributed by atoms with Gasteiger partial charge in [-0.1, -0.05) is 0 Å². The fraction of sp³-hybridized carbons (Fsp3) is 0.647. The number of hydrogen-bond acceptors (Lipinski definition) is 5. The minimum absolute atomic E-state index is 0.0290. The van der Waals surface area contributed by atoms with Crippen molar-refractivity contribution in [3.05, 3.63) is 23.9 Å². The van der Waals surface area contributed by atoms with Crippen LogP contribution in [-0.4, -0.2) is 60.3 Å². The first-order chi connectivity index (χ1) is 10.8. The van der Waals surface area contributed by atoms with Crippen LogP contribution in [0.3, 0.4) is 0 Å². The number of amides is 1. The zero-order valence-corrected chi connectivity index (χ0v) is 14.6. The van der Waals surface area contributed by atoms with Gasteiger partial charge in [-0.25, -0.2) is 4.98 Å². The molecule has 6 heteroatoms. The molecule has 1 amide bonds. The van der Waals surface area contributed by atoms with E-state index in [1.54, 1.807) is 19.4 Å². The van der Waals surface area contributed by atoms with Crippen LogP contribution >= 0.6 is 0 Å². The van der Waals surface area contributed by atoms with Gasteiger partial charge >= 0.3 is 0 Å². The molecule has 1 aliphatic heterocycles. The van der Waals surface area contributed by atoms with E-state index in [2.05, 4.69) is 10.3 Å². The van der Waals surface area contributed by atoms with Crippen molar-refractivity contribution in [2.45, 2.75) is 45.4 Å². The Balaban J connectivity index is 2.22. The predicted octanol–water partition coefficient (Wildman–Crippen LogP) is 2.17. The normalized spacial score (nSPS) is 20.6. The van der Waals surface area contributed by atoms with E-state index in [0.29, 0.717) is 31.1 Å². The molecule has 0 bridgehead atoms. The average Bonchev–Trinajstić information content (AvgIpc) is 2.45. The number of methoxy groups -OCH3 is 1. The zero-order valence-electron chi connectivity index (χ0n) is 14.6. The minimum atomic E-state index is -0.398. The summed E-state index contributed by atoms with van der Waals surface area (Å²) in [6.45, 7) is 9.56. The molecule has 1 fully saturated rings. The van der Waals surface area contributed by atoms with Gasteiger partial charge in [-0.15, -0.1) is 0 Å². The maximum absolute atomic E-state index is 13.0. The summed E-state index contributed by atoms with van der Waals surface area (Å²) in [5.74, 6) is 0.596. The molecular weight excluding hydrogens is 294 g/mol. The number of carbonyl (C=O) groups is 1. The Bertz CT molecular complexity index is 546. The number of anilines is 1. The first-order valence-corrected chi connectivity index (χ1v) is 8.00. The third kappa shape index (κ3) is 4.65. The molecule has 0 aromatic carbocycles. The number of carbonyl (C=O) groups excluding carboxylic acids is 1. The molecule has 1 saturated heterocycles. The highest BCUT2D eigenvalue weighted by molar-refractivity contribution is 5.98. The van der Waals surface area contributed by atoms with Crippen molar-refractivity contribution in [2.24, 2.45) is 0 Å². The van der Waals surface area contributed by atoms with Gasteiger partial charge in [0.05, 0.1) is 23.9 Å². The number of morpholine rings is 1. The Morgan fingerprint density at radius 3 is 2.96 bits per heavy atom. The standard InChI is InChI=1S/C17H27N3O3/c1-12(2)19-15-14(7-6-8-18-15)16(21)20-9-13(10-22-5)23-17(3,4)11-20/h6-8,12-13H,9-11H2,1-5H3,(H,18,19)/t13-/m0/s1. The second-order valence-electron chi connectivity index (χ2n) is 6.84. The van der Waals surface area contributed by atoms with Gasteiger partial charge in [0.25, 0.3) is 5.91 Å². The van der Waals surface area contributed by atoms with Crippen LogP contribution in [0.4, 0.5) is 5.82 Å². The molecule has 0 saturated carbocycles. The van der Waals surface area contributed by atoms with Gasteiger partial charge in [-0.2, -0.15) is 0 Å². The van der Waals surface area contributed by atoms with Crippen LogP contribution in [0.5, 0.6) is 0 Å². The minimum Gasteiger partial charge on any atom is -0.382 e. The molecule has 1 N–H and O–H groups in total. The molecule has 1 atom stereocenters. The van der Waals surface area contributed by atoms with Crippen molar-refractivity contribution in [2.75, 3.05) is 32.1 Å². The SMILES string of the molecule is COC[C@@H]1CN(C(=O)c2cccnc2NC(C)C)CC(C)(C)O1. The highest BCUT2D eigenvalue weighted by Crippen LogP contribution is 2.24. The summed E-state index contributed by atoms with van der Waals surface area (Å²) in [5, 5.41) is 3.24. The Kier molecular flexibility index (Phi) is 5.59. The van der Waals surface area contributed by atoms with Crippen molar-refractivity contribution in [3.8, 4) is 0 Å². The number of ether oxygens (including phenoxy) is 2. The zero-order chi connectivity index (χ0) is 17.0. The van der Waals surface area contributed by atoms with Crippen LogP contribution in [0.15, 0.2) is 18.3 Å². The van der Waals surface area contributed by atoms with Gasteiger partial charge in [-0.3, -0.25) is 4.79 Å². The second-order valence-corrected chi connectivity index (χ2v) is 6.84. The number of aromatic nitrogens is 1. The van der Waals surface area contributed by atoms with E-state index in [-0.39, 0.29) is 18.1 Å². The van der Waals surface area contributed by atoms with Crippen LogP contribution in [0, 0.1) is 0 Å². The molecule has 1 aromatic rings. The third-order valence-corrected chi connectivity index (χ3v) is 3.58. The largest absolute Gasteiger partial charge is 0.382 e. The van der Waals surface area contributed by atoms with Crippen LogP contribution in [0.25, 0.3) is 0 Å². The van der Waals surface area contributed by atoms with Crippen molar-refractivity contribution in [3.63, 3.8) is 0 Å². The average molecular weight is 321 g/mol. The van der Waals surface area contributed by atoms with Crippen molar-refractivity contribution < 1.29 is 14.3 Å². The summed E-state index contributed by atoms with van der Waals surface area (Å²) in [4.78, 5) is 19.1. The lowest BCUT2D eigenvalue weighted by Crippen LogP contribution is -2.55. The smallest absolute Gasteiger partial charge is 0.257 e. The highest BCUT2D eigenvalue weighted by Gasteiger charge is 2.36. The van der Waals surface area contributed by atoms with Crippen molar-refractivity contribution in [1.29, 1.82) is 0 Å². The van der Waals surface area contributed by atoms with Gasteiger partial charge in [0.1, 0.15) is 5.82 Å². The molecule has 0 aliphatic carbocycles. The lowest BCUT2D eigenvalue weighted by atomic mass is 10.0. The van der Waals surface area contributed by atoms with Crippen LogP contribution in [0.1, 0.15) is 38.1 Å². The molecule has 0 unspecified atom stereocenters. The summed E-state index contributed by atoms with van der Waals surface area (Å²) >= 11 is 0. The van der Waals surface area contributed by atoms with Crippen molar-refractivity contribution in [1.82, 2.24) is 9.88 Å². The van der Waals surface area contributed by atoms with Crippen LogP contribution < -0.4 is 5.32 Å². The molecule has 2 heterocycles. The van der Waals surface area contributed by atoms with Gasteiger partial charge in [0.2, 0.25) is 0 Å². The summed E-state index contributed by atoms with van der Waals surface area (Å²) in [6, 6.07) is 3.81. The van der Waals surface area contributed by atoms with Gasteiger partial charge in [0, 0.05) is 32.4 Å². The Hall–Kier alpha value is -1.66. The van der Waals surface area contributed by atoms with E-state index in [4.69, 9.17) is 9.47 Å². The topological polar surface area (TPSA) is 63.7 Å². The van der Waals surface area contributed by atoms with Gasteiger partial charge in [0.15, 0.2) is 0 Å². The van der Waals surface area contributed by atoms with E-state index in [1.807, 2.05) is 38.7 Å². The number of rotatable bonds is 5. The summed E-state index contributed by atoms with van der Waals surface area (Å²) in [6.07, 6.45) is 1.57. The predicted molar refractivity (Wildman–Crippen MR) is 89.7 cm³/mol. The monoisotopic (exact) mass is 321 g/mol. The number of nitrogens with zero attached hydrogens (tertiary/aromatic N) is 2. The Morgan fingerprint density at radius 2 is 2.30 bits per heavy atom. The number of nitrogens with one attached hydrogen (secondary N) is 1. The molecule has 0 spiro atoms. The molecule has 128 valence electrons. The highest BCUT2D eigenvalue weighted by atomic mass is 16.5. The van der Waals surface area contributed by atoms with E-state index in [1.165, 1.54) is 0 Å². The molecule has 2 rings (SSSR count). The first kappa shape index (κ1) is 17.7. The maximum Gasteiger partial charge on any atom is 0.257 e. The Morgan fingerprint density at radius 1 is 1.57 bits per heavy atom. The quantitative estimate of drug-likeness (QED) is 0.900. The molecule has 23 heavy (non-hydrogen) atoms. The van der Waals surface area contributed by atoms with Gasteiger partial charge < -0.3 is 19.7 Å². The molecule has 1 aromatic heterocycles. The molecule has 0 radical (unpaired) electrons. The molecule has 1 aliphatic rings. The number of pyridine rings is 1. The summed E-state index contributed by atoms with van der Waals surface area (Å²) in [5.41, 5.74) is 0.195. The fourth-order valence-electron chi connectivity index (χ4n) is 2.86.